The zero-order valence-corrected chi connectivity index (χ0v) is 10.4. The Morgan fingerprint density at radius 3 is 1.25 bits per heavy atom. The number of hydrogen-bond donors (Lipinski definition) is 2. The van der Waals surface area contributed by atoms with Crippen LogP contribution in [0.4, 0.5) is 0 Å². The predicted molar refractivity (Wildman–Crippen MR) is 64.5 cm³/mol. The first-order valence-corrected chi connectivity index (χ1v) is 5.93. The fourth-order valence-corrected chi connectivity index (χ4v) is 2.17. The van der Waals surface area contributed by atoms with Crippen molar-refractivity contribution in [3.8, 4) is 0 Å². The van der Waals surface area contributed by atoms with Crippen LogP contribution >= 0.6 is 25.3 Å². The second-order valence-corrected chi connectivity index (χ2v) is 4.94. The molecule has 0 fully saturated rings. The summed E-state index contributed by atoms with van der Waals surface area (Å²) in [6, 6.07) is 0. The van der Waals surface area contributed by atoms with E-state index in [0.717, 1.165) is 0 Å². The Morgan fingerprint density at radius 2 is 1.08 bits per heavy atom. The molecule has 0 aliphatic heterocycles. The summed E-state index contributed by atoms with van der Waals surface area (Å²) in [7, 11) is 0. The Hall–Kier alpha value is 0.700. The van der Waals surface area contributed by atoms with E-state index in [9.17, 15) is 0 Å². The first-order valence-electron chi connectivity index (χ1n) is 4.90. The summed E-state index contributed by atoms with van der Waals surface area (Å²) in [6.07, 6.45) is 2.39. The van der Waals surface area contributed by atoms with Crippen molar-refractivity contribution in [1.29, 1.82) is 0 Å². The second-order valence-electron chi connectivity index (χ2n) is 3.75. The van der Waals surface area contributed by atoms with E-state index in [0.29, 0.717) is 22.3 Å². The molecule has 12 heavy (non-hydrogen) atoms. The van der Waals surface area contributed by atoms with Gasteiger partial charge in [-0.05, 0) is 11.8 Å². The predicted octanol–water partition coefficient (Wildman–Crippen LogP) is 3.68. The van der Waals surface area contributed by atoms with Gasteiger partial charge in [-0.1, -0.05) is 40.5 Å². The molecule has 2 heteroatoms. The van der Waals surface area contributed by atoms with E-state index < -0.39 is 0 Å². The molecule has 0 nitrogen and oxygen atoms in total. The Labute approximate surface area is 88.3 Å². The molecule has 0 amide bonds. The van der Waals surface area contributed by atoms with Gasteiger partial charge in [-0.2, -0.15) is 25.3 Å². The number of hydrogen-bond acceptors (Lipinski definition) is 2. The highest BCUT2D eigenvalue weighted by molar-refractivity contribution is 7.85. The maximum Gasteiger partial charge on any atom is 0.0161 e. The van der Waals surface area contributed by atoms with Crippen molar-refractivity contribution in [2.24, 2.45) is 11.8 Å². The SMILES string of the molecule is CCC(C)C(S)C(S)C(C)CC. The monoisotopic (exact) mass is 206 g/mol. The van der Waals surface area contributed by atoms with Gasteiger partial charge in [0, 0.05) is 10.5 Å². The van der Waals surface area contributed by atoms with Gasteiger partial charge in [-0.25, -0.2) is 0 Å². The summed E-state index contributed by atoms with van der Waals surface area (Å²) < 4.78 is 0. The van der Waals surface area contributed by atoms with Crippen LogP contribution in [0.5, 0.6) is 0 Å². The third kappa shape index (κ3) is 3.61. The minimum Gasteiger partial charge on any atom is -0.174 e. The molecule has 0 N–H and O–H groups in total. The number of thiol groups is 2. The van der Waals surface area contributed by atoms with Crippen LogP contribution in [-0.4, -0.2) is 10.5 Å². The van der Waals surface area contributed by atoms with E-state index in [2.05, 4.69) is 53.0 Å². The molecular formula is C10H22S2. The van der Waals surface area contributed by atoms with E-state index in [1.165, 1.54) is 12.8 Å². The largest absolute Gasteiger partial charge is 0.174 e. The quantitative estimate of drug-likeness (QED) is 0.630. The minimum absolute atomic E-state index is 0.438. The molecule has 0 radical (unpaired) electrons. The fraction of sp³-hybridized carbons (Fsp3) is 1.00. The van der Waals surface area contributed by atoms with Crippen LogP contribution in [0.1, 0.15) is 40.5 Å². The molecule has 0 saturated heterocycles. The molecule has 0 bridgehead atoms. The highest BCUT2D eigenvalue weighted by atomic mass is 32.1. The summed E-state index contributed by atoms with van der Waals surface area (Å²) in [4.78, 5) is 0. The molecule has 0 saturated carbocycles. The molecule has 74 valence electrons. The minimum atomic E-state index is 0.438. The summed E-state index contributed by atoms with van der Waals surface area (Å²) in [5.74, 6) is 1.34. The smallest absolute Gasteiger partial charge is 0.0161 e. The van der Waals surface area contributed by atoms with Gasteiger partial charge in [-0.3, -0.25) is 0 Å². The van der Waals surface area contributed by atoms with Crippen LogP contribution in [0.25, 0.3) is 0 Å². The molecule has 4 atom stereocenters. The van der Waals surface area contributed by atoms with Crippen molar-refractivity contribution < 1.29 is 0 Å². The van der Waals surface area contributed by atoms with E-state index in [4.69, 9.17) is 0 Å². The van der Waals surface area contributed by atoms with Crippen LogP contribution in [0.15, 0.2) is 0 Å². The normalized spacial score (nSPS) is 21.5. The van der Waals surface area contributed by atoms with Gasteiger partial charge >= 0.3 is 0 Å². The maximum absolute atomic E-state index is 4.62. The Balaban J connectivity index is 3.99. The molecule has 0 aliphatic carbocycles. The average molecular weight is 206 g/mol. The average Bonchev–Trinajstić information content (AvgIpc) is 2.12. The van der Waals surface area contributed by atoms with Gasteiger partial charge in [0.25, 0.3) is 0 Å². The first-order chi connectivity index (χ1) is 5.54. The molecule has 0 heterocycles. The lowest BCUT2D eigenvalue weighted by molar-refractivity contribution is 0.444. The van der Waals surface area contributed by atoms with Crippen molar-refractivity contribution in [2.75, 3.05) is 0 Å². The van der Waals surface area contributed by atoms with E-state index in [-0.39, 0.29) is 0 Å². The third-order valence-electron chi connectivity index (χ3n) is 2.80. The van der Waals surface area contributed by atoms with E-state index in [1.807, 2.05) is 0 Å². The summed E-state index contributed by atoms with van der Waals surface area (Å²) in [5, 5.41) is 0.876. The fourth-order valence-electron chi connectivity index (χ4n) is 1.16. The van der Waals surface area contributed by atoms with E-state index >= 15 is 0 Å². The van der Waals surface area contributed by atoms with Crippen molar-refractivity contribution in [1.82, 2.24) is 0 Å². The summed E-state index contributed by atoms with van der Waals surface area (Å²) >= 11 is 9.23. The molecule has 0 aromatic rings. The second kappa shape index (κ2) is 6.20. The zero-order chi connectivity index (χ0) is 9.72. The third-order valence-corrected chi connectivity index (χ3v) is 4.70. The van der Waals surface area contributed by atoms with Crippen molar-refractivity contribution in [3.63, 3.8) is 0 Å². The van der Waals surface area contributed by atoms with Crippen LogP contribution in [-0.2, 0) is 0 Å². The van der Waals surface area contributed by atoms with Gasteiger partial charge in [0.1, 0.15) is 0 Å². The molecule has 0 spiro atoms. The van der Waals surface area contributed by atoms with Crippen LogP contribution in [0, 0.1) is 11.8 Å². The van der Waals surface area contributed by atoms with Gasteiger partial charge in [0.2, 0.25) is 0 Å². The maximum atomic E-state index is 4.62. The Morgan fingerprint density at radius 1 is 0.833 bits per heavy atom. The van der Waals surface area contributed by atoms with Crippen LogP contribution in [0.2, 0.25) is 0 Å². The van der Waals surface area contributed by atoms with Gasteiger partial charge in [-0.15, -0.1) is 0 Å². The molecular weight excluding hydrogens is 184 g/mol. The van der Waals surface area contributed by atoms with Crippen molar-refractivity contribution >= 4 is 25.3 Å². The Bertz CT molecular complexity index is 100. The lowest BCUT2D eigenvalue weighted by atomic mass is 9.93. The topological polar surface area (TPSA) is 0 Å². The first kappa shape index (κ1) is 12.7. The Kier molecular flexibility index (Phi) is 6.56. The number of rotatable bonds is 5. The van der Waals surface area contributed by atoms with Crippen LogP contribution in [0.3, 0.4) is 0 Å². The standard InChI is InChI=1S/C10H22S2/c1-5-7(3)9(11)10(12)8(4)6-2/h7-12H,5-6H2,1-4H3. The highest BCUT2D eigenvalue weighted by Crippen LogP contribution is 2.27. The van der Waals surface area contributed by atoms with Gasteiger partial charge in [0.15, 0.2) is 0 Å². The molecule has 0 aromatic heterocycles. The van der Waals surface area contributed by atoms with Crippen molar-refractivity contribution in [3.05, 3.63) is 0 Å². The lowest BCUT2D eigenvalue weighted by Crippen LogP contribution is -2.28. The summed E-state index contributed by atoms with van der Waals surface area (Å²) in [5.41, 5.74) is 0. The lowest BCUT2D eigenvalue weighted by Gasteiger charge is -2.27. The van der Waals surface area contributed by atoms with Gasteiger partial charge in [0.05, 0.1) is 0 Å². The van der Waals surface area contributed by atoms with Crippen LogP contribution < -0.4 is 0 Å². The highest BCUT2D eigenvalue weighted by Gasteiger charge is 2.23. The molecule has 0 aromatic carbocycles. The molecule has 4 unspecified atom stereocenters. The van der Waals surface area contributed by atoms with E-state index in [1.54, 1.807) is 0 Å². The zero-order valence-electron chi connectivity index (χ0n) is 8.62. The molecule has 0 aliphatic rings. The molecule has 0 rings (SSSR count). The van der Waals surface area contributed by atoms with Crippen molar-refractivity contribution in [2.45, 2.75) is 51.0 Å². The summed E-state index contributed by atoms with van der Waals surface area (Å²) in [6.45, 7) is 8.93. The van der Waals surface area contributed by atoms with Gasteiger partial charge < -0.3 is 0 Å².